The lowest BCUT2D eigenvalue weighted by Crippen LogP contribution is -2.46. The minimum absolute atomic E-state index is 0.145. The van der Waals surface area contributed by atoms with Crippen molar-refractivity contribution < 1.29 is 4.74 Å². The smallest absolute Gasteiger partial charge is 0.152 e. The second kappa shape index (κ2) is 3.87. The van der Waals surface area contributed by atoms with Crippen molar-refractivity contribution in [2.45, 2.75) is 25.4 Å². The van der Waals surface area contributed by atoms with E-state index >= 15 is 0 Å². The second-order valence-electron chi connectivity index (χ2n) is 5.59. The summed E-state index contributed by atoms with van der Waals surface area (Å²) in [7, 11) is 0. The zero-order chi connectivity index (χ0) is 12.9. The van der Waals surface area contributed by atoms with Crippen LogP contribution < -0.4 is 10.1 Å². The lowest BCUT2D eigenvalue weighted by molar-refractivity contribution is 0.0203. The molecular formula is C16H18N2O. The summed E-state index contributed by atoms with van der Waals surface area (Å²) < 4.78 is 8.76. The van der Waals surface area contributed by atoms with E-state index in [0.29, 0.717) is 0 Å². The van der Waals surface area contributed by atoms with Gasteiger partial charge in [-0.1, -0.05) is 12.1 Å². The molecule has 98 valence electrons. The highest BCUT2D eigenvalue weighted by molar-refractivity contribution is 5.53. The van der Waals surface area contributed by atoms with Crippen LogP contribution >= 0.6 is 0 Å². The Morgan fingerprint density at radius 2 is 2.00 bits per heavy atom. The van der Waals surface area contributed by atoms with Crippen LogP contribution in [0.15, 0.2) is 36.5 Å². The van der Waals surface area contributed by atoms with Crippen LogP contribution in [0.2, 0.25) is 0 Å². The maximum Gasteiger partial charge on any atom is 0.152 e. The number of aromatic nitrogens is 1. The number of hydrogen-bond acceptors (Lipinski definition) is 2. The van der Waals surface area contributed by atoms with E-state index in [1.165, 1.54) is 11.3 Å². The molecule has 1 fully saturated rings. The molecule has 3 heterocycles. The van der Waals surface area contributed by atoms with Crippen LogP contribution in [0.5, 0.6) is 5.75 Å². The Hall–Kier alpha value is -1.74. The van der Waals surface area contributed by atoms with E-state index in [9.17, 15) is 0 Å². The summed E-state index contributed by atoms with van der Waals surface area (Å²) in [6.45, 7) is 4.20. The molecule has 2 aliphatic heterocycles. The zero-order valence-electron chi connectivity index (χ0n) is 11.1. The maximum absolute atomic E-state index is 6.44. The Bertz CT molecular complexity index is 623. The predicted molar refractivity (Wildman–Crippen MR) is 74.9 cm³/mol. The van der Waals surface area contributed by atoms with Crippen LogP contribution in [0.4, 0.5) is 0 Å². The molecule has 4 rings (SSSR count). The number of nitrogens with one attached hydrogen (secondary N) is 1. The summed E-state index contributed by atoms with van der Waals surface area (Å²) in [6.07, 6.45) is 4.29. The molecule has 0 aliphatic carbocycles. The summed E-state index contributed by atoms with van der Waals surface area (Å²) in [6, 6.07) is 10.6. The molecule has 0 amide bonds. The highest BCUT2D eigenvalue weighted by atomic mass is 16.5. The van der Waals surface area contributed by atoms with Crippen LogP contribution in [0.1, 0.15) is 24.1 Å². The van der Waals surface area contributed by atoms with E-state index in [1.807, 2.05) is 0 Å². The summed E-state index contributed by atoms with van der Waals surface area (Å²) in [5.74, 6) is 1.01. The fourth-order valence-corrected chi connectivity index (χ4v) is 3.34. The Morgan fingerprint density at radius 3 is 2.84 bits per heavy atom. The first kappa shape index (κ1) is 11.1. The van der Waals surface area contributed by atoms with Gasteiger partial charge in [0, 0.05) is 19.0 Å². The van der Waals surface area contributed by atoms with Crippen LogP contribution in [-0.2, 0) is 5.60 Å². The van der Waals surface area contributed by atoms with Gasteiger partial charge in [-0.3, -0.25) is 0 Å². The number of hydrogen-bond donors (Lipinski definition) is 1. The quantitative estimate of drug-likeness (QED) is 0.782. The molecule has 1 aromatic carbocycles. The van der Waals surface area contributed by atoms with E-state index in [1.54, 1.807) is 0 Å². The van der Waals surface area contributed by atoms with Gasteiger partial charge >= 0.3 is 0 Å². The van der Waals surface area contributed by atoms with Crippen molar-refractivity contribution in [3.8, 4) is 11.4 Å². The average molecular weight is 254 g/mol. The maximum atomic E-state index is 6.44. The number of fused-ring (bicyclic) bond motifs is 4. The molecule has 0 atom stereocenters. The topological polar surface area (TPSA) is 26.2 Å². The summed E-state index contributed by atoms with van der Waals surface area (Å²) in [4.78, 5) is 0. The number of ether oxygens (including phenoxy) is 1. The van der Waals surface area contributed by atoms with Crippen molar-refractivity contribution in [1.82, 2.24) is 9.88 Å². The average Bonchev–Trinajstić information content (AvgIpc) is 2.83. The second-order valence-corrected chi connectivity index (χ2v) is 5.59. The van der Waals surface area contributed by atoms with Crippen LogP contribution in [0, 0.1) is 6.92 Å². The molecule has 2 aliphatic rings. The molecule has 1 saturated heterocycles. The highest BCUT2D eigenvalue weighted by Gasteiger charge is 2.42. The van der Waals surface area contributed by atoms with Gasteiger partial charge in [-0.25, -0.2) is 0 Å². The lowest BCUT2D eigenvalue weighted by atomic mass is 9.87. The summed E-state index contributed by atoms with van der Waals surface area (Å²) >= 11 is 0. The lowest BCUT2D eigenvalue weighted by Gasteiger charge is -2.42. The highest BCUT2D eigenvalue weighted by Crippen LogP contribution is 2.44. The van der Waals surface area contributed by atoms with Gasteiger partial charge in [0.15, 0.2) is 5.60 Å². The number of aryl methyl sites for hydroxylation is 1. The number of nitrogens with zero attached hydrogens (tertiary/aromatic N) is 1. The molecule has 1 N–H and O–H groups in total. The molecule has 0 unspecified atom stereocenters. The molecule has 0 radical (unpaired) electrons. The summed E-state index contributed by atoms with van der Waals surface area (Å²) in [5.41, 5.74) is 3.63. The first-order valence-electron chi connectivity index (χ1n) is 6.97. The predicted octanol–water partition coefficient (Wildman–Crippen LogP) is 2.76. The van der Waals surface area contributed by atoms with Gasteiger partial charge in [0.05, 0.1) is 11.4 Å². The third-order valence-corrected chi connectivity index (χ3v) is 4.26. The van der Waals surface area contributed by atoms with Gasteiger partial charge in [-0.2, -0.15) is 0 Å². The van der Waals surface area contributed by atoms with Gasteiger partial charge < -0.3 is 14.6 Å². The largest absolute Gasteiger partial charge is 0.479 e. The SMILES string of the molecule is Cc1cc2n(c1)-c1ccccc1OC21CCNCC1. The number of rotatable bonds is 0. The first-order chi connectivity index (χ1) is 9.28. The van der Waals surface area contributed by atoms with Gasteiger partial charge in [0.25, 0.3) is 0 Å². The Balaban J connectivity index is 1.94. The minimum Gasteiger partial charge on any atom is -0.479 e. The van der Waals surface area contributed by atoms with Crippen LogP contribution in [-0.4, -0.2) is 17.7 Å². The van der Waals surface area contributed by atoms with Crippen molar-refractivity contribution >= 4 is 0 Å². The third-order valence-electron chi connectivity index (χ3n) is 4.26. The number of piperidine rings is 1. The van der Waals surface area contributed by atoms with Crippen LogP contribution in [0.25, 0.3) is 5.69 Å². The van der Waals surface area contributed by atoms with Gasteiger partial charge in [-0.05, 0) is 43.8 Å². The van der Waals surface area contributed by atoms with Crippen molar-refractivity contribution in [2.24, 2.45) is 0 Å². The molecule has 3 heteroatoms. The fraction of sp³-hybridized carbons (Fsp3) is 0.375. The Morgan fingerprint density at radius 1 is 1.21 bits per heavy atom. The standard InChI is InChI=1S/C16H18N2O/c1-12-10-15-16(6-8-17-9-7-16)19-14-5-3-2-4-13(14)18(15)11-12/h2-5,10-11,17H,6-9H2,1H3. The first-order valence-corrected chi connectivity index (χ1v) is 6.97. The Labute approximate surface area is 113 Å². The zero-order valence-corrected chi connectivity index (χ0v) is 11.1. The Kier molecular flexibility index (Phi) is 2.27. The van der Waals surface area contributed by atoms with E-state index in [2.05, 4.69) is 53.3 Å². The van der Waals surface area contributed by atoms with Crippen molar-refractivity contribution in [1.29, 1.82) is 0 Å². The van der Waals surface area contributed by atoms with E-state index in [0.717, 1.165) is 37.4 Å². The fourth-order valence-electron chi connectivity index (χ4n) is 3.34. The molecule has 2 aromatic rings. The molecule has 3 nitrogen and oxygen atoms in total. The van der Waals surface area contributed by atoms with Crippen molar-refractivity contribution in [3.63, 3.8) is 0 Å². The molecular weight excluding hydrogens is 236 g/mol. The third kappa shape index (κ3) is 1.55. The van der Waals surface area contributed by atoms with Gasteiger partial charge in [-0.15, -0.1) is 0 Å². The molecule has 0 saturated carbocycles. The summed E-state index contributed by atoms with van der Waals surface area (Å²) in [5, 5.41) is 3.43. The van der Waals surface area contributed by atoms with Crippen LogP contribution in [0.3, 0.4) is 0 Å². The number of para-hydroxylation sites is 2. The van der Waals surface area contributed by atoms with E-state index in [-0.39, 0.29) is 5.60 Å². The normalized spacial score (nSPS) is 19.6. The molecule has 19 heavy (non-hydrogen) atoms. The van der Waals surface area contributed by atoms with Crippen molar-refractivity contribution in [3.05, 3.63) is 47.8 Å². The van der Waals surface area contributed by atoms with E-state index < -0.39 is 0 Å². The van der Waals surface area contributed by atoms with Gasteiger partial charge in [0.1, 0.15) is 5.75 Å². The molecule has 0 bridgehead atoms. The molecule has 1 spiro atoms. The van der Waals surface area contributed by atoms with Gasteiger partial charge in [0.2, 0.25) is 0 Å². The minimum atomic E-state index is -0.145. The monoisotopic (exact) mass is 254 g/mol. The van der Waals surface area contributed by atoms with Crippen molar-refractivity contribution in [2.75, 3.05) is 13.1 Å². The number of benzene rings is 1. The van der Waals surface area contributed by atoms with E-state index in [4.69, 9.17) is 4.74 Å². The molecule has 1 aromatic heterocycles.